The van der Waals surface area contributed by atoms with E-state index < -0.39 is 10.0 Å². The lowest BCUT2D eigenvalue weighted by Gasteiger charge is -2.30. The number of amides is 2. The average molecular weight is 424 g/mol. The Bertz CT molecular complexity index is 936. The molecule has 0 atom stereocenters. The van der Waals surface area contributed by atoms with E-state index in [4.69, 9.17) is 0 Å². The first-order valence-electron chi connectivity index (χ1n) is 9.13. The van der Waals surface area contributed by atoms with Gasteiger partial charge in [-0.15, -0.1) is 11.3 Å². The first-order valence-corrected chi connectivity index (χ1v) is 11.9. The molecule has 0 radical (unpaired) electrons. The van der Waals surface area contributed by atoms with Crippen molar-refractivity contribution < 1.29 is 13.2 Å². The number of piperidine rings is 1. The summed E-state index contributed by atoms with van der Waals surface area (Å²) >= 11 is 1.25. The minimum atomic E-state index is -3.29. The molecular weight excluding hydrogens is 398 g/mol. The van der Waals surface area contributed by atoms with Crippen LogP contribution < -0.4 is 20.3 Å². The molecule has 8 nitrogen and oxygen atoms in total. The summed E-state index contributed by atoms with van der Waals surface area (Å²) in [6, 6.07) is 5.61. The Hall–Kier alpha value is -2.17. The number of nitrogens with one attached hydrogen (secondary N) is 3. The van der Waals surface area contributed by atoms with Crippen molar-refractivity contribution in [3.05, 3.63) is 34.8 Å². The number of sulfonamides is 1. The van der Waals surface area contributed by atoms with Gasteiger partial charge in [0.25, 0.3) is 0 Å². The highest BCUT2D eigenvalue weighted by atomic mass is 32.2. The van der Waals surface area contributed by atoms with Crippen LogP contribution in [0.5, 0.6) is 0 Å². The number of carbonyl (C=O) groups is 1. The molecule has 10 heteroatoms. The Morgan fingerprint density at radius 1 is 1.21 bits per heavy atom. The van der Waals surface area contributed by atoms with Gasteiger partial charge in [0.05, 0.1) is 29.9 Å². The number of hydrogen-bond donors (Lipinski definition) is 3. The lowest BCUT2D eigenvalue weighted by atomic mass is 10.1. The second kappa shape index (κ2) is 8.89. The van der Waals surface area contributed by atoms with Crippen molar-refractivity contribution in [3.8, 4) is 0 Å². The Kier molecular flexibility index (Phi) is 6.53. The van der Waals surface area contributed by atoms with Crippen molar-refractivity contribution in [1.82, 2.24) is 9.71 Å². The fourth-order valence-electron chi connectivity index (χ4n) is 3.05. The molecule has 3 N–H and O–H groups in total. The van der Waals surface area contributed by atoms with Crippen molar-refractivity contribution in [2.75, 3.05) is 34.9 Å². The summed E-state index contributed by atoms with van der Waals surface area (Å²) in [5, 5.41) is 7.75. The summed E-state index contributed by atoms with van der Waals surface area (Å²) in [7, 11) is -3.29. The van der Waals surface area contributed by atoms with Gasteiger partial charge in [0.1, 0.15) is 0 Å². The molecule has 0 saturated carbocycles. The number of thiazole rings is 1. The number of anilines is 3. The Morgan fingerprint density at radius 3 is 2.68 bits per heavy atom. The van der Waals surface area contributed by atoms with E-state index in [2.05, 4.69) is 31.3 Å². The van der Waals surface area contributed by atoms with Crippen LogP contribution in [0.1, 0.15) is 30.5 Å². The molecule has 152 valence electrons. The van der Waals surface area contributed by atoms with E-state index in [0.29, 0.717) is 10.8 Å². The van der Waals surface area contributed by atoms with E-state index in [1.807, 2.05) is 19.1 Å². The smallest absolute Gasteiger partial charge is 0.325 e. The molecule has 2 heterocycles. The molecular formula is C18H25N5O3S2. The summed E-state index contributed by atoms with van der Waals surface area (Å²) in [4.78, 5) is 19.0. The van der Waals surface area contributed by atoms with Gasteiger partial charge < -0.3 is 10.2 Å². The summed E-state index contributed by atoms with van der Waals surface area (Å²) in [6.45, 7) is 4.11. The van der Waals surface area contributed by atoms with Gasteiger partial charge in [0.15, 0.2) is 5.13 Å². The molecule has 3 rings (SSSR count). The Labute approximate surface area is 169 Å². The van der Waals surface area contributed by atoms with E-state index >= 15 is 0 Å². The molecule has 1 fully saturated rings. The number of hydrogen-bond acceptors (Lipinski definition) is 6. The van der Waals surface area contributed by atoms with Crippen LogP contribution in [0.3, 0.4) is 0 Å². The number of aromatic nitrogens is 1. The number of rotatable bonds is 6. The maximum absolute atomic E-state index is 12.4. The van der Waals surface area contributed by atoms with Crippen LogP contribution in [0.4, 0.5) is 21.3 Å². The summed E-state index contributed by atoms with van der Waals surface area (Å²) in [6.07, 6.45) is 4.64. The molecule has 1 aliphatic heterocycles. The topological polar surface area (TPSA) is 103 Å². The zero-order chi connectivity index (χ0) is 20.1. The highest BCUT2D eigenvalue weighted by Gasteiger charge is 2.16. The summed E-state index contributed by atoms with van der Waals surface area (Å²) < 4.78 is 24.7. The van der Waals surface area contributed by atoms with Crippen LogP contribution >= 0.6 is 11.3 Å². The van der Waals surface area contributed by atoms with Gasteiger partial charge >= 0.3 is 6.03 Å². The molecule has 0 bridgehead atoms. The molecule has 0 spiro atoms. The van der Waals surface area contributed by atoms with Crippen LogP contribution in [0.15, 0.2) is 23.6 Å². The maximum atomic E-state index is 12.4. The molecule has 2 aromatic rings. The second-order valence-electron chi connectivity index (χ2n) is 6.88. The minimum Gasteiger partial charge on any atom is -0.370 e. The maximum Gasteiger partial charge on any atom is 0.325 e. The normalized spacial score (nSPS) is 14.7. The first kappa shape index (κ1) is 20.6. The van der Waals surface area contributed by atoms with Gasteiger partial charge in [0.2, 0.25) is 10.0 Å². The third-order valence-corrected chi connectivity index (χ3v) is 5.86. The highest BCUT2D eigenvalue weighted by Crippen LogP contribution is 2.30. The fraction of sp³-hybridized carbons (Fsp3) is 0.444. The molecule has 0 aliphatic carbocycles. The second-order valence-corrected chi connectivity index (χ2v) is 9.58. The van der Waals surface area contributed by atoms with Crippen LogP contribution in [-0.2, 0) is 16.6 Å². The van der Waals surface area contributed by atoms with Gasteiger partial charge in [-0.05, 0) is 43.9 Å². The highest BCUT2D eigenvalue weighted by molar-refractivity contribution is 7.88. The minimum absolute atomic E-state index is 0.0930. The SMILES string of the molecule is Cc1ccc(NC(=O)Nc2nc(CNS(C)(=O)=O)cs2)c(N2CCCCC2)c1. The van der Waals surface area contributed by atoms with E-state index in [0.717, 1.165) is 49.1 Å². The number of carbonyl (C=O) groups excluding carboxylic acids is 1. The van der Waals surface area contributed by atoms with E-state index in [1.54, 1.807) is 5.38 Å². The molecule has 1 saturated heterocycles. The number of urea groups is 1. The lowest BCUT2D eigenvalue weighted by Crippen LogP contribution is -2.31. The zero-order valence-electron chi connectivity index (χ0n) is 16.0. The molecule has 1 aromatic heterocycles. The van der Waals surface area contributed by atoms with Crippen molar-refractivity contribution in [1.29, 1.82) is 0 Å². The van der Waals surface area contributed by atoms with E-state index in [1.165, 1.54) is 17.8 Å². The largest absolute Gasteiger partial charge is 0.370 e. The predicted octanol–water partition coefficient (Wildman–Crippen LogP) is 3.14. The third-order valence-electron chi connectivity index (χ3n) is 4.39. The van der Waals surface area contributed by atoms with Gasteiger partial charge in [-0.25, -0.2) is 22.9 Å². The van der Waals surface area contributed by atoms with Crippen LogP contribution in [0.25, 0.3) is 0 Å². The van der Waals surface area contributed by atoms with Gasteiger partial charge in [0, 0.05) is 18.5 Å². The number of nitrogens with zero attached hydrogens (tertiary/aromatic N) is 2. The van der Waals surface area contributed by atoms with Crippen LogP contribution in [-0.4, -0.2) is 38.8 Å². The number of aryl methyl sites for hydroxylation is 1. The van der Waals surface area contributed by atoms with Crippen LogP contribution in [0, 0.1) is 6.92 Å². The average Bonchev–Trinajstić information content (AvgIpc) is 3.09. The lowest BCUT2D eigenvalue weighted by molar-refractivity contribution is 0.262. The van der Waals surface area contributed by atoms with Crippen molar-refractivity contribution in [2.24, 2.45) is 0 Å². The Morgan fingerprint density at radius 2 is 1.96 bits per heavy atom. The monoisotopic (exact) mass is 423 g/mol. The molecule has 2 amide bonds. The van der Waals surface area contributed by atoms with Gasteiger partial charge in [-0.3, -0.25) is 5.32 Å². The summed E-state index contributed by atoms with van der Waals surface area (Å²) in [5.74, 6) is 0. The van der Waals surface area contributed by atoms with Gasteiger partial charge in [-0.2, -0.15) is 0 Å². The van der Waals surface area contributed by atoms with Gasteiger partial charge in [-0.1, -0.05) is 6.07 Å². The standard InChI is InChI=1S/C18H25N5O3S2/c1-13-6-7-15(16(10-13)23-8-4-3-5-9-23)21-17(24)22-18-20-14(12-27-18)11-19-28(2,25)26/h6-7,10,12,19H,3-5,8-9,11H2,1-2H3,(H2,20,21,22,24). The molecule has 1 aliphatic rings. The number of benzene rings is 1. The zero-order valence-corrected chi connectivity index (χ0v) is 17.6. The van der Waals surface area contributed by atoms with Crippen molar-refractivity contribution in [2.45, 2.75) is 32.7 Å². The van der Waals surface area contributed by atoms with E-state index in [-0.39, 0.29) is 12.6 Å². The van der Waals surface area contributed by atoms with Crippen molar-refractivity contribution in [3.63, 3.8) is 0 Å². The first-order chi connectivity index (χ1) is 13.3. The predicted molar refractivity (Wildman–Crippen MR) is 114 cm³/mol. The fourth-order valence-corrected chi connectivity index (χ4v) is 4.16. The van der Waals surface area contributed by atoms with Crippen LogP contribution in [0.2, 0.25) is 0 Å². The molecule has 1 aromatic carbocycles. The van der Waals surface area contributed by atoms with E-state index in [9.17, 15) is 13.2 Å². The summed E-state index contributed by atoms with van der Waals surface area (Å²) in [5.41, 5.74) is 3.50. The quantitative estimate of drug-likeness (QED) is 0.662. The van der Waals surface area contributed by atoms with Crippen molar-refractivity contribution >= 4 is 43.9 Å². The third kappa shape index (κ3) is 5.91. The molecule has 28 heavy (non-hydrogen) atoms. The molecule has 0 unspecified atom stereocenters. The Balaban J connectivity index is 1.64.